The molecule has 1 unspecified atom stereocenters. The van der Waals surface area contributed by atoms with Crippen LogP contribution in [-0.4, -0.2) is 32.8 Å². The van der Waals surface area contributed by atoms with Gasteiger partial charge in [-0.1, -0.05) is 37.6 Å². The van der Waals surface area contributed by atoms with Gasteiger partial charge in [0.25, 0.3) is 5.91 Å². The Labute approximate surface area is 147 Å². The minimum Gasteiger partial charge on any atom is -0.480 e. The SMILES string of the molecule is C=CCCC(NC(=O)c1cnn(-c2ccccc2)c1CCC)C(=O)O. The maximum absolute atomic E-state index is 12.6. The summed E-state index contributed by atoms with van der Waals surface area (Å²) in [6.45, 7) is 5.61. The molecule has 0 spiro atoms. The Morgan fingerprint density at radius 3 is 2.68 bits per heavy atom. The average Bonchev–Trinajstić information content (AvgIpc) is 3.03. The number of nitrogens with zero attached hydrogens (tertiary/aromatic N) is 2. The van der Waals surface area contributed by atoms with Gasteiger partial charge in [-0.05, 0) is 31.4 Å². The molecule has 1 heterocycles. The van der Waals surface area contributed by atoms with E-state index in [2.05, 4.69) is 17.0 Å². The predicted molar refractivity (Wildman–Crippen MR) is 95.9 cm³/mol. The van der Waals surface area contributed by atoms with Gasteiger partial charge in [-0.3, -0.25) is 4.79 Å². The summed E-state index contributed by atoms with van der Waals surface area (Å²) in [4.78, 5) is 23.9. The van der Waals surface area contributed by atoms with Crippen molar-refractivity contribution in [1.29, 1.82) is 0 Å². The van der Waals surface area contributed by atoms with Crippen molar-refractivity contribution in [3.05, 3.63) is 60.4 Å². The average molecular weight is 341 g/mol. The van der Waals surface area contributed by atoms with Crippen LogP contribution in [-0.2, 0) is 11.2 Å². The molecular formula is C19H23N3O3. The second-order valence-corrected chi connectivity index (χ2v) is 5.73. The van der Waals surface area contributed by atoms with E-state index in [1.165, 1.54) is 6.20 Å². The quantitative estimate of drug-likeness (QED) is 0.687. The summed E-state index contributed by atoms with van der Waals surface area (Å²) >= 11 is 0. The van der Waals surface area contributed by atoms with E-state index in [9.17, 15) is 14.7 Å². The molecule has 1 aromatic carbocycles. The van der Waals surface area contributed by atoms with E-state index in [4.69, 9.17) is 0 Å². The number of allylic oxidation sites excluding steroid dienone is 1. The number of carboxylic acid groups (broad SMARTS) is 1. The van der Waals surface area contributed by atoms with Gasteiger partial charge in [0.15, 0.2) is 0 Å². The topological polar surface area (TPSA) is 84.2 Å². The lowest BCUT2D eigenvalue weighted by atomic mass is 10.1. The fourth-order valence-electron chi connectivity index (χ4n) is 2.61. The maximum atomic E-state index is 12.6. The second kappa shape index (κ2) is 8.82. The predicted octanol–water partition coefficient (Wildman–Crippen LogP) is 2.97. The Balaban J connectivity index is 2.28. The van der Waals surface area contributed by atoms with E-state index >= 15 is 0 Å². The zero-order valence-corrected chi connectivity index (χ0v) is 14.3. The zero-order valence-electron chi connectivity index (χ0n) is 14.3. The molecule has 2 aromatic rings. The fraction of sp³-hybridized carbons (Fsp3) is 0.316. The van der Waals surface area contributed by atoms with Crippen molar-refractivity contribution in [3.63, 3.8) is 0 Å². The highest BCUT2D eigenvalue weighted by atomic mass is 16.4. The molecule has 6 nitrogen and oxygen atoms in total. The van der Waals surface area contributed by atoms with E-state index in [1.54, 1.807) is 10.8 Å². The molecule has 2 N–H and O–H groups in total. The van der Waals surface area contributed by atoms with Crippen LogP contribution in [0.25, 0.3) is 5.69 Å². The smallest absolute Gasteiger partial charge is 0.326 e. The minimum atomic E-state index is -1.05. The lowest BCUT2D eigenvalue weighted by molar-refractivity contribution is -0.139. The summed E-state index contributed by atoms with van der Waals surface area (Å²) in [6.07, 6.45) is 5.47. The number of aromatic nitrogens is 2. The monoisotopic (exact) mass is 341 g/mol. The van der Waals surface area contributed by atoms with Crippen molar-refractivity contribution in [3.8, 4) is 5.69 Å². The molecule has 0 saturated carbocycles. The van der Waals surface area contributed by atoms with Crippen LogP contribution in [0.2, 0.25) is 0 Å². The van der Waals surface area contributed by atoms with Crippen molar-refractivity contribution in [1.82, 2.24) is 15.1 Å². The number of benzene rings is 1. The van der Waals surface area contributed by atoms with Gasteiger partial charge in [0.05, 0.1) is 23.1 Å². The summed E-state index contributed by atoms with van der Waals surface area (Å²) < 4.78 is 1.73. The van der Waals surface area contributed by atoms with Gasteiger partial charge in [-0.25, -0.2) is 9.48 Å². The molecule has 6 heteroatoms. The van der Waals surface area contributed by atoms with Crippen LogP contribution in [0.3, 0.4) is 0 Å². The van der Waals surface area contributed by atoms with E-state index in [0.29, 0.717) is 24.8 Å². The van der Waals surface area contributed by atoms with E-state index in [-0.39, 0.29) is 0 Å². The van der Waals surface area contributed by atoms with Gasteiger partial charge in [-0.15, -0.1) is 6.58 Å². The molecule has 0 aliphatic carbocycles. The molecule has 1 amide bonds. The normalized spacial score (nSPS) is 11.7. The number of carbonyl (C=O) groups excluding carboxylic acids is 1. The molecule has 0 fully saturated rings. The first-order valence-corrected chi connectivity index (χ1v) is 8.35. The van der Waals surface area contributed by atoms with E-state index in [0.717, 1.165) is 17.8 Å². The van der Waals surface area contributed by atoms with Crippen LogP contribution in [0.5, 0.6) is 0 Å². The number of carbonyl (C=O) groups is 2. The summed E-state index contributed by atoms with van der Waals surface area (Å²) in [6, 6.07) is 8.61. The highest BCUT2D eigenvalue weighted by Gasteiger charge is 2.23. The van der Waals surface area contributed by atoms with Crippen molar-refractivity contribution >= 4 is 11.9 Å². The first kappa shape index (κ1) is 18.4. The van der Waals surface area contributed by atoms with Crippen LogP contribution in [0.4, 0.5) is 0 Å². The standard InChI is InChI=1S/C19H23N3O3/c1-3-5-12-16(19(24)25)21-18(23)15-13-20-22(17(15)9-4-2)14-10-7-6-8-11-14/h3,6-8,10-11,13,16H,1,4-5,9,12H2,2H3,(H,21,23)(H,24,25). The molecular weight excluding hydrogens is 318 g/mol. The third-order valence-electron chi connectivity index (χ3n) is 3.86. The fourth-order valence-corrected chi connectivity index (χ4v) is 2.61. The molecule has 0 bridgehead atoms. The number of aliphatic carboxylic acids is 1. The summed E-state index contributed by atoms with van der Waals surface area (Å²) in [5, 5.41) is 16.2. The van der Waals surface area contributed by atoms with Gasteiger partial charge >= 0.3 is 5.97 Å². The number of hydrogen-bond acceptors (Lipinski definition) is 3. The number of nitrogens with one attached hydrogen (secondary N) is 1. The largest absolute Gasteiger partial charge is 0.480 e. The van der Waals surface area contributed by atoms with Crippen LogP contribution < -0.4 is 5.32 Å². The Morgan fingerprint density at radius 1 is 1.36 bits per heavy atom. The number of para-hydroxylation sites is 1. The van der Waals surface area contributed by atoms with Gasteiger partial charge < -0.3 is 10.4 Å². The number of hydrogen-bond donors (Lipinski definition) is 2. The van der Waals surface area contributed by atoms with Gasteiger partial charge in [0, 0.05) is 0 Å². The third kappa shape index (κ3) is 4.56. The van der Waals surface area contributed by atoms with Gasteiger partial charge in [0.1, 0.15) is 6.04 Å². The third-order valence-corrected chi connectivity index (χ3v) is 3.86. The molecule has 132 valence electrons. The lowest BCUT2D eigenvalue weighted by Gasteiger charge is -2.14. The molecule has 0 aliphatic rings. The summed E-state index contributed by atoms with van der Waals surface area (Å²) in [5.41, 5.74) is 2.06. The highest BCUT2D eigenvalue weighted by molar-refractivity contribution is 5.97. The first-order chi connectivity index (χ1) is 12.1. The summed E-state index contributed by atoms with van der Waals surface area (Å²) in [7, 11) is 0. The number of amides is 1. The van der Waals surface area contributed by atoms with Crippen molar-refractivity contribution in [2.24, 2.45) is 0 Å². The molecule has 0 saturated heterocycles. The molecule has 25 heavy (non-hydrogen) atoms. The van der Waals surface area contributed by atoms with Gasteiger partial charge in [0.2, 0.25) is 0 Å². The Bertz CT molecular complexity index is 738. The zero-order chi connectivity index (χ0) is 18.2. The highest BCUT2D eigenvalue weighted by Crippen LogP contribution is 2.17. The van der Waals surface area contributed by atoms with Crippen LogP contribution in [0.15, 0.2) is 49.2 Å². The molecule has 1 aromatic heterocycles. The Morgan fingerprint density at radius 2 is 2.08 bits per heavy atom. The molecule has 2 rings (SSSR count). The van der Waals surface area contributed by atoms with Crippen LogP contribution >= 0.6 is 0 Å². The van der Waals surface area contributed by atoms with Crippen molar-refractivity contribution < 1.29 is 14.7 Å². The second-order valence-electron chi connectivity index (χ2n) is 5.73. The minimum absolute atomic E-state index is 0.306. The molecule has 0 radical (unpaired) electrons. The van der Waals surface area contributed by atoms with Crippen molar-refractivity contribution in [2.75, 3.05) is 0 Å². The van der Waals surface area contributed by atoms with E-state index in [1.807, 2.05) is 37.3 Å². The maximum Gasteiger partial charge on any atom is 0.326 e. The lowest BCUT2D eigenvalue weighted by Crippen LogP contribution is -2.40. The summed E-state index contributed by atoms with van der Waals surface area (Å²) in [5.74, 6) is -1.47. The van der Waals surface area contributed by atoms with Gasteiger partial charge in [-0.2, -0.15) is 5.10 Å². The van der Waals surface area contributed by atoms with Crippen molar-refractivity contribution in [2.45, 2.75) is 38.6 Å². The first-order valence-electron chi connectivity index (χ1n) is 8.35. The molecule has 0 aliphatic heterocycles. The molecule has 1 atom stereocenters. The van der Waals surface area contributed by atoms with E-state index < -0.39 is 17.9 Å². The van der Waals surface area contributed by atoms with Crippen LogP contribution in [0, 0.1) is 0 Å². The Kier molecular flexibility index (Phi) is 6.51. The number of carboxylic acids is 1. The number of rotatable bonds is 9. The van der Waals surface area contributed by atoms with Crippen LogP contribution in [0.1, 0.15) is 42.2 Å². The Hall–Kier alpha value is -2.89.